The first-order valence-corrected chi connectivity index (χ1v) is 10.5. The Morgan fingerprint density at radius 2 is 2.26 bits per heavy atom. The van der Waals surface area contributed by atoms with Crippen LogP contribution in [0.3, 0.4) is 0 Å². The molecule has 3 aliphatic rings. The molecule has 0 aromatic carbocycles. The number of nitrogens with one attached hydrogen (secondary N) is 1. The molecule has 6 rings (SSSR count). The number of amides is 1. The summed E-state index contributed by atoms with van der Waals surface area (Å²) in [4.78, 5) is 24.1. The monoisotopic (exact) mass is 423 g/mol. The van der Waals surface area contributed by atoms with Gasteiger partial charge in [-0.25, -0.2) is 18.9 Å². The summed E-state index contributed by atoms with van der Waals surface area (Å²) < 4.78 is 21.7. The molecule has 3 N–H and O–H groups in total. The molecule has 1 aliphatic carbocycles. The van der Waals surface area contributed by atoms with Crippen LogP contribution in [-0.4, -0.2) is 44.7 Å². The number of nitrogens with zero attached hydrogens (tertiary/aromatic N) is 5. The first-order chi connectivity index (χ1) is 15.0. The predicted molar refractivity (Wildman–Crippen MR) is 110 cm³/mol. The maximum Gasteiger partial charge on any atom is 0.259 e. The van der Waals surface area contributed by atoms with Crippen LogP contribution in [-0.2, 0) is 0 Å². The van der Waals surface area contributed by atoms with E-state index >= 15 is 0 Å². The molecular weight excluding hydrogens is 401 g/mol. The van der Waals surface area contributed by atoms with Crippen LogP contribution in [0, 0.1) is 17.7 Å². The lowest BCUT2D eigenvalue weighted by Gasteiger charge is -2.30. The van der Waals surface area contributed by atoms with Crippen molar-refractivity contribution in [2.45, 2.75) is 31.8 Å². The number of rotatable bonds is 0. The van der Waals surface area contributed by atoms with Crippen LogP contribution in [0.4, 0.5) is 16.0 Å². The van der Waals surface area contributed by atoms with Crippen molar-refractivity contribution in [3.63, 3.8) is 0 Å². The van der Waals surface area contributed by atoms with Crippen LogP contribution in [0.2, 0.25) is 0 Å². The van der Waals surface area contributed by atoms with Crippen LogP contribution in [0.5, 0.6) is 5.88 Å². The largest absolute Gasteiger partial charge is 0.477 e. The molecule has 3 unspecified atom stereocenters. The van der Waals surface area contributed by atoms with Crippen molar-refractivity contribution in [1.82, 2.24) is 24.9 Å². The fraction of sp³-hybridized carbons (Fsp3) is 0.429. The van der Waals surface area contributed by atoms with Gasteiger partial charge in [0.15, 0.2) is 11.5 Å². The van der Waals surface area contributed by atoms with Crippen LogP contribution in [0.25, 0.3) is 5.65 Å². The van der Waals surface area contributed by atoms with Gasteiger partial charge in [-0.05, 0) is 37.3 Å². The minimum atomic E-state index is -0.387. The average Bonchev–Trinajstić information content (AvgIpc) is 3.26. The molecule has 3 aromatic heterocycles. The van der Waals surface area contributed by atoms with E-state index in [-0.39, 0.29) is 35.2 Å². The Bertz CT molecular complexity index is 1210. The van der Waals surface area contributed by atoms with Gasteiger partial charge in [-0.1, -0.05) is 0 Å². The lowest BCUT2D eigenvalue weighted by atomic mass is 10.0. The summed E-state index contributed by atoms with van der Waals surface area (Å²) in [5.41, 5.74) is 7.48. The number of nitrogen functional groups attached to an aromatic ring is 1. The zero-order chi connectivity index (χ0) is 21.3. The van der Waals surface area contributed by atoms with Gasteiger partial charge in [-0.3, -0.25) is 4.79 Å². The number of carbonyl (C=O) groups is 1. The molecule has 9 nitrogen and oxygen atoms in total. The fourth-order valence-electron chi connectivity index (χ4n) is 4.89. The minimum Gasteiger partial charge on any atom is -0.477 e. The molecule has 1 amide bonds. The Balaban J connectivity index is 1.53. The fourth-order valence-corrected chi connectivity index (χ4v) is 4.89. The highest BCUT2D eigenvalue weighted by Crippen LogP contribution is 2.58. The summed E-state index contributed by atoms with van der Waals surface area (Å²) in [5, 5.41) is 7.18. The number of fused-ring (bicyclic) bond motifs is 7. The molecular formula is C21H22FN7O2. The van der Waals surface area contributed by atoms with Crippen LogP contribution in [0.1, 0.15) is 41.7 Å². The molecule has 31 heavy (non-hydrogen) atoms. The molecule has 3 aromatic rings. The number of piperidine rings is 1. The highest BCUT2D eigenvalue weighted by atomic mass is 19.1. The number of aromatic nitrogens is 4. The van der Waals surface area contributed by atoms with Gasteiger partial charge >= 0.3 is 0 Å². The standard InChI is InChI=1S/C21H22FN7O2/c1-10-3-5-31-21-14(7-12(22)8-24-21)17-13-6-11(13)9-28(17)15-2-4-29-19(26-15)16(18(23)27-29)20(30)25-10/h2,4,7-8,10-11,13,17H,3,5-6,9H2,1H3,(H2,23,27)(H,25,30)/t10-,11?,13?,17?/m1/s1. The van der Waals surface area contributed by atoms with E-state index < -0.39 is 0 Å². The average molecular weight is 423 g/mol. The molecule has 1 saturated carbocycles. The molecule has 4 atom stereocenters. The second-order valence-electron chi connectivity index (χ2n) is 8.63. The molecule has 2 aliphatic heterocycles. The van der Waals surface area contributed by atoms with E-state index in [1.807, 2.05) is 13.0 Å². The third-order valence-electron chi connectivity index (χ3n) is 6.50. The van der Waals surface area contributed by atoms with Gasteiger partial charge in [-0.2, -0.15) is 0 Å². The van der Waals surface area contributed by atoms with E-state index in [1.165, 1.54) is 16.8 Å². The number of hydrogen-bond acceptors (Lipinski definition) is 7. The van der Waals surface area contributed by atoms with Crippen molar-refractivity contribution in [1.29, 1.82) is 0 Å². The summed E-state index contributed by atoms with van der Waals surface area (Å²) in [6.45, 7) is 3.04. The number of ether oxygens (including phenoxy) is 1. The molecule has 10 heteroatoms. The highest BCUT2D eigenvalue weighted by Gasteiger charge is 2.54. The van der Waals surface area contributed by atoms with Crippen molar-refractivity contribution in [3.8, 4) is 5.88 Å². The van der Waals surface area contributed by atoms with Gasteiger partial charge < -0.3 is 20.7 Å². The molecule has 2 fully saturated rings. The first-order valence-electron chi connectivity index (χ1n) is 10.5. The van der Waals surface area contributed by atoms with Crippen LogP contribution < -0.4 is 20.7 Å². The maximum absolute atomic E-state index is 14.2. The smallest absolute Gasteiger partial charge is 0.259 e. The van der Waals surface area contributed by atoms with E-state index in [1.54, 1.807) is 6.20 Å². The highest BCUT2D eigenvalue weighted by molar-refractivity contribution is 6.04. The number of hydrogen-bond donors (Lipinski definition) is 2. The SMILES string of the molecule is C[C@@H]1CCOc2ncc(F)cc2C2C3CC3CN2c2ccn3nc(N)c(c3n2)C(=O)N1. The minimum absolute atomic E-state index is 0.0870. The van der Waals surface area contributed by atoms with Crippen LogP contribution >= 0.6 is 0 Å². The second-order valence-corrected chi connectivity index (χ2v) is 8.63. The summed E-state index contributed by atoms with van der Waals surface area (Å²) >= 11 is 0. The Kier molecular flexibility index (Phi) is 3.87. The van der Waals surface area contributed by atoms with Crippen molar-refractivity contribution < 1.29 is 13.9 Å². The Morgan fingerprint density at radius 3 is 3.13 bits per heavy atom. The van der Waals surface area contributed by atoms with E-state index in [0.29, 0.717) is 42.2 Å². The first kappa shape index (κ1) is 18.3. The van der Waals surface area contributed by atoms with E-state index in [4.69, 9.17) is 15.5 Å². The quantitative estimate of drug-likeness (QED) is 0.569. The number of carbonyl (C=O) groups excluding carboxylic acids is 1. The molecule has 160 valence electrons. The van der Waals surface area contributed by atoms with Gasteiger partial charge in [0.2, 0.25) is 5.88 Å². The summed E-state index contributed by atoms with van der Waals surface area (Å²) in [6.07, 6.45) is 4.58. The lowest BCUT2D eigenvalue weighted by Crippen LogP contribution is -2.34. The van der Waals surface area contributed by atoms with Gasteiger partial charge in [0.25, 0.3) is 5.91 Å². The van der Waals surface area contributed by atoms with Gasteiger partial charge in [0.1, 0.15) is 17.2 Å². The van der Waals surface area contributed by atoms with Gasteiger partial charge in [0.05, 0.1) is 18.8 Å². The third-order valence-corrected chi connectivity index (χ3v) is 6.50. The predicted octanol–water partition coefficient (Wildman–Crippen LogP) is 1.94. The zero-order valence-corrected chi connectivity index (χ0v) is 17.0. The molecule has 5 heterocycles. The molecule has 0 spiro atoms. The summed E-state index contributed by atoms with van der Waals surface area (Å²) in [7, 11) is 0. The van der Waals surface area contributed by atoms with Gasteiger partial charge in [0, 0.05) is 30.8 Å². The topological polar surface area (TPSA) is 111 Å². The number of anilines is 2. The van der Waals surface area contributed by atoms with Crippen molar-refractivity contribution in [2.24, 2.45) is 11.8 Å². The van der Waals surface area contributed by atoms with Crippen molar-refractivity contribution in [3.05, 3.63) is 41.5 Å². The van der Waals surface area contributed by atoms with E-state index in [0.717, 1.165) is 18.5 Å². The number of pyridine rings is 1. The van der Waals surface area contributed by atoms with E-state index in [2.05, 4.69) is 20.3 Å². The van der Waals surface area contributed by atoms with Gasteiger partial charge in [-0.15, -0.1) is 5.10 Å². The molecule has 0 radical (unpaired) electrons. The Labute approximate surface area is 177 Å². The van der Waals surface area contributed by atoms with Crippen molar-refractivity contribution in [2.75, 3.05) is 23.8 Å². The molecule has 2 bridgehead atoms. The van der Waals surface area contributed by atoms with E-state index in [9.17, 15) is 9.18 Å². The van der Waals surface area contributed by atoms with Crippen molar-refractivity contribution >= 4 is 23.2 Å². The summed E-state index contributed by atoms with van der Waals surface area (Å²) in [6, 6.07) is 3.11. The molecule has 1 saturated heterocycles. The summed E-state index contributed by atoms with van der Waals surface area (Å²) in [5.74, 6) is 1.48. The Hall–Kier alpha value is -3.43. The Morgan fingerprint density at radius 1 is 1.39 bits per heavy atom. The zero-order valence-electron chi connectivity index (χ0n) is 17.0. The lowest BCUT2D eigenvalue weighted by molar-refractivity contribution is 0.0937. The maximum atomic E-state index is 14.2. The van der Waals surface area contributed by atoms with Crippen LogP contribution in [0.15, 0.2) is 24.5 Å². The number of nitrogens with two attached hydrogens (primary N) is 1. The second kappa shape index (κ2) is 6.53. The third kappa shape index (κ3) is 2.88. The number of halogens is 1. The normalized spacial score (nSPS) is 27.2.